The maximum atomic E-state index is 9.70. The number of aliphatic hydroxyl groups excluding tert-OH is 1. The first kappa shape index (κ1) is 14.6. The van der Waals surface area contributed by atoms with Crippen LogP contribution in [-0.4, -0.2) is 18.3 Å². The van der Waals surface area contributed by atoms with Gasteiger partial charge in [-0.2, -0.15) is 0 Å². The SMILES string of the molecule is CC(C)CNC(C)(CO)c1cc2cc(Br)ccc2o1. The van der Waals surface area contributed by atoms with Gasteiger partial charge in [-0.3, -0.25) is 0 Å². The van der Waals surface area contributed by atoms with Crippen LogP contribution in [0.15, 0.2) is 33.2 Å². The normalized spacial score (nSPS) is 15.1. The first-order valence-corrected chi connectivity index (χ1v) is 7.29. The van der Waals surface area contributed by atoms with Crippen molar-refractivity contribution in [1.29, 1.82) is 0 Å². The Morgan fingerprint density at radius 1 is 1.37 bits per heavy atom. The van der Waals surface area contributed by atoms with Gasteiger partial charge in [-0.1, -0.05) is 29.8 Å². The third kappa shape index (κ3) is 3.19. The molecule has 4 heteroatoms. The highest BCUT2D eigenvalue weighted by molar-refractivity contribution is 9.10. The molecule has 0 aliphatic heterocycles. The molecule has 1 unspecified atom stereocenters. The van der Waals surface area contributed by atoms with Crippen molar-refractivity contribution in [3.8, 4) is 0 Å². The minimum Gasteiger partial charge on any atom is -0.459 e. The highest BCUT2D eigenvalue weighted by Gasteiger charge is 2.29. The molecule has 0 radical (unpaired) electrons. The Bertz CT molecular complexity index is 564. The van der Waals surface area contributed by atoms with Crippen LogP contribution in [0.5, 0.6) is 0 Å². The predicted molar refractivity (Wildman–Crippen MR) is 81.2 cm³/mol. The minimum absolute atomic E-state index is 0.000706. The highest BCUT2D eigenvalue weighted by Crippen LogP contribution is 2.29. The highest BCUT2D eigenvalue weighted by atomic mass is 79.9. The zero-order valence-electron chi connectivity index (χ0n) is 11.5. The summed E-state index contributed by atoms with van der Waals surface area (Å²) in [7, 11) is 0. The third-order valence-corrected chi connectivity index (χ3v) is 3.73. The first-order valence-electron chi connectivity index (χ1n) is 6.50. The zero-order valence-corrected chi connectivity index (χ0v) is 13.1. The van der Waals surface area contributed by atoms with E-state index < -0.39 is 5.54 Å². The van der Waals surface area contributed by atoms with Crippen molar-refractivity contribution in [2.75, 3.05) is 13.2 Å². The van der Waals surface area contributed by atoms with Crippen molar-refractivity contribution >= 4 is 26.9 Å². The van der Waals surface area contributed by atoms with Gasteiger partial charge in [0, 0.05) is 9.86 Å². The Morgan fingerprint density at radius 3 is 2.74 bits per heavy atom. The standard InChI is InChI=1S/C15H20BrNO2/c1-10(2)8-17-15(3,9-18)14-7-11-6-12(16)4-5-13(11)19-14/h4-7,10,17-18H,8-9H2,1-3H3. The van der Waals surface area contributed by atoms with E-state index in [-0.39, 0.29) is 6.61 Å². The van der Waals surface area contributed by atoms with Crippen molar-refractivity contribution in [3.05, 3.63) is 34.5 Å². The molecule has 1 heterocycles. The average molecular weight is 326 g/mol. The summed E-state index contributed by atoms with van der Waals surface area (Å²) in [5.74, 6) is 1.29. The van der Waals surface area contributed by atoms with Gasteiger partial charge in [0.15, 0.2) is 0 Å². The molecule has 1 aromatic carbocycles. The van der Waals surface area contributed by atoms with E-state index in [4.69, 9.17) is 4.42 Å². The summed E-state index contributed by atoms with van der Waals surface area (Å²) in [4.78, 5) is 0. The van der Waals surface area contributed by atoms with Crippen LogP contribution < -0.4 is 5.32 Å². The van der Waals surface area contributed by atoms with Gasteiger partial charge in [0.05, 0.1) is 12.1 Å². The first-order chi connectivity index (χ1) is 8.94. The average Bonchev–Trinajstić information content (AvgIpc) is 2.79. The molecule has 0 amide bonds. The van der Waals surface area contributed by atoms with E-state index in [0.29, 0.717) is 5.92 Å². The molecule has 0 saturated carbocycles. The van der Waals surface area contributed by atoms with Gasteiger partial charge in [-0.05, 0) is 43.7 Å². The van der Waals surface area contributed by atoms with E-state index in [1.807, 2.05) is 31.2 Å². The lowest BCUT2D eigenvalue weighted by molar-refractivity contribution is 0.151. The fourth-order valence-corrected chi connectivity index (χ4v) is 2.32. The van der Waals surface area contributed by atoms with E-state index in [0.717, 1.165) is 27.7 Å². The lowest BCUT2D eigenvalue weighted by atomic mass is 9.99. The zero-order chi connectivity index (χ0) is 14.0. The number of hydrogen-bond donors (Lipinski definition) is 2. The summed E-state index contributed by atoms with van der Waals surface area (Å²) in [6.07, 6.45) is 0. The number of nitrogens with one attached hydrogen (secondary N) is 1. The van der Waals surface area contributed by atoms with E-state index in [1.165, 1.54) is 0 Å². The summed E-state index contributed by atoms with van der Waals surface area (Å²) >= 11 is 3.45. The number of furan rings is 1. The molecule has 0 saturated heterocycles. The van der Waals surface area contributed by atoms with Crippen LogP contribution in [-0.2, 0) is 5.54 Å². The topological polar surface area (TPSA) is 45.4 Å². The van der Waals surface area contributed by atoms with Crippen LogP contribution in [0, 0.1) is 5.92 Å². The summed E-state index contributed by atoms with van der Waals surface area (Å²) in [6, 6.07) is 7.89. The molecule has 1 aromatic heterocycles. The molecular weight excluding hydrogens is 306 g/mol. The molecule has 3 nitrogen and oxygen atoms in total. The van der Waals surface area contributed by atoms with Gasteiger partial charge in [-0.15, -0.1) is 0 Å². The Balaban J connectivity index is 2.34. The Hall–Kier alpha value is -0.840. The van der Waals surface area contributed by atoms with Gasteiger partial charge in [0.2, 0.25) is 0 Å². The quantitative estimate of drug-likeness (QED) is 0.882. The fourth-order valence-electron chi connectivity index (χ4n) is 1.94. The number of benzene rings is 1. The molecule has 0 fully saturated rings. The van der Waals surface area contributed by atoms with Crippen LogP contribution in [0.4, 0.5) is 0 Å². The third-order valence-electron chi connectivity index (χ3n) is 3.24. The molecule has 0 aliphatic rings. The molecule has 1 atom stereocenters. The molecule has 2 N–H and O–H groups in total. The van der Waals surface area contributed by atoms with Crippen LogP contribution in [0.1, 0.15) is 26.5 Å². The molecule has 0 aliphatic carbocycles. The molecule has 19 heavy (non-hydrogen) atoms. The molecular formula is C15H20BrNO2. The van der Waals surface area contributed by atoms with E-state index in [2.05, 4.69) is 35.1 Å². The summed E-state index contributed by atoms with van der Waals surface area (Å²) in [5, 5.41) is 14.1. The number of rotatable bonds is 5. The number of fused-ring (bicyclic) bond motifs is 1. The Kier molecular flexibility index (Phi) is 4.33. The molecule has 2 rings (SSSR count). The van der Waals surface area contributed by atoms with Gasteiger partial charge in [0.25, 0.3) is 0 Å². The number of hydrogen-bond acceptors (Lipinski definition) is 3. The lowest BCUT2D eigenvalue weighted by Crippen LogP contribution is -2.44. The van der Waals surface area contributed by atoms with E-state index >= 15 is 0 Å². The summed E-state index contributed by atoms with van der Waals surface area (Å²) < 4.78 is 6.89. The number of halogens is 1. The largest absolute Gasteiger partial charge is 0.459 e. The smallest absolute Gasteiger partial charge is 0.134 e. The van der Waals surface area contributed by atoms with Crippen molar-refractivity contribution in [1.82, 2.24) is 5.32 Å². The van der Waals surface area contributed by atoms with Crippen LogP contribution in [0.3, 0.4) is 0 Å². The van der Waals surface area contributed by atoms with Crippen molar-refractivity contribution in [2.45, 2.75) is 26.3 Å². The second kappa shape index (κ2) is 5.65. The van der Waals surface area contributed by atoms with Gasteiger partial charge in [-0.25, -0.2) is 0 Å². The second-order valence-electron chi connectivity index (χ2n) is 5.56. The van der Waals surface area contributed by atoms with Gasteiger partial charge in [0.1, 0.15) is 11.3 Å². The maximum absolute atomic E-state index is 9.70. The Morgan fingerprint density at radius 2 is 2.11 bits per heavy atom. The minimum atomic E-state index is -0.546. The van der Waals surface area contributed by atoms with Crippen molar-refractivity contribution in [3.63, 3.8) is 0 Å². The van der Waals surface area contributed by atoms with Crippen molar-refractivity contribution in [2.24, 2.45) is 5.92 Å². The van der Waals surface area contributed by atoms with Crippen LogP contribution in [0.2, 0.25) is 0 Å². The molecule has 2 aromatic rings. The summed E-state index contributed by atoms with van der Waals surface area (Å²) in [6.45, 7) is 7.07. The van der Waals surface area contributed by atoms with Crippen LogP contribution in [0.25, 0.3) is 11.0 Å². The lowest BCUT2D eigenvalue weighted by Gasteiger charge is -2.27. The van der Waals surface area contributed by atoms with Gasteiger partial charge < -0.3 is 14.8 Å². The monoisotopic (exact) mass is 325 g/mol. The summed E-state index contributed by atoms with van der Waals surface area (Å²) in [5.41, 5.74) is 0.291. The fraction of sp³-hybridized carbons (Fsp3) is 0.467. The number of aliphatic hydroxyl groups is 1. The Labute approximate surface area is 122 Å². The molecule has 104 valence electrons. The second-order valence-corrected chi connectivity index (χ2v) is 6.47. The predicted octanol–water partition coefficient (Wildman–Crippen LogP) is 3.65. The van der Waals surface area contributed by atoms with Gasteiger partial charge >= 0.3 is 0 Å². The maximum Gasteiger partial charge on any atom is 0.134 e. The van der Waals surface area contributed by atoms with E-state index in [1.54, 1.807) is 0 Å². The van der Waals surface area contributed by atoms with Crippen LogP contribution >= 0.6 is 15.9 Å². The van der Waals surface area contributed by atoms with Crippen molar-refractivity contribution < 1.29 is 9.52 Å². The molecule has 0 spiro atoms. The molecule has 0 bridgehead atoms. The van der Waals surface area contributed by atoms with E-state index in [9.17, 15) is 5.11 Å².